The van der Waals surface area contributed by atoms with Crippen molar-refractivity contribution < 1.29 is 10.0 Å². The van der Waals surface area contributed by atoms with Crippen LogP contribution in [0.25, 0.3) is 0 Å². The quantitative estimate of drug-likeness (QED) is 0.476. The molecule has 7 heteroatoms. The molecule has 0 saturated heterocycles. The number of rotatable bonds is 5. The van der Waals surface area contributed by atoms with Crippen molar-refractivity contribution in [3.63, 3.8) is 0 Å². The molecule has 1 atom stereocenters. The Bertz CT molecular complexity index is 499. The molecule has 0 spiro atoms. The molecule has 0 unspecified atom stereocenters. The summed E-state index contributed by atoms with van der Waals surface area (Å²) in [5.41, 5.74) is 0.523. The van der Waals surface area contributed by atoms with Gasteiger partial charge in [-0.25, -0.2) is 0 Å². The fraction of sp³-hybridized carbons (Fsp3) is 0.364. The zero-order chi connectivity index (χ0) is 13.7. The van der Waals surface area contributed by atoms with Crippen LogP contribution in [0.3, 0.4) is 0 Å². The number of nitro groups is 1. The summed E-state index contributed by atoms with van der Waals surface area (Å²) in [6.07, 6.45) is 0. The number of anilines is 1. The average molecular weight is 361 g/mol. The minimum Gasteiger partial charge on any atom is -0.396 e. The second kappa shape index (κ2) is 6.51. The first-order valence-corrected chi connectivity index (χ1v) is 6.30. The van der Waals surface area contributed by atoms with Gasteiger partial charge in [0, 0.05) is 22.8 Å². The van der Waals surface area contributed by atoms with Crippen LogP contribution in [0.1, 0.15) is 12.5 Å². The Labute approximate surface area is 118 Å². The maximum absolute atomic E-state index is 11.0. The maximum Gasteiger partial charge on any atom is 0.294 e. The molecule has 0 bridgehead atoms. The molecule has 0 aliphatic rings. The molecule has 1 aromatic carbocycles. The normalized spacial score (nSPS) is 11.7. The van der Waals surface area contributed by atoms with Crippen molar-refractivity contribution in [2.45, 2.75) is 6.92 Å². The molecular weight excluding hydrogens is 349 g/mol. The summed E-state index contributed by atoms with van der Waals surface area (Å²) in [7, 11) is 0. The van der Waals surface area contributed by atoms with Crippen LogP contribution in [0, 0.1) is 30.9 Å². The molecule has 0 aliphatic carbocycles. The molecule has 18 heavy (non-hydrogen) atoms. The number of nitro benzene ring substituents is 1. The van der Waals surface area contributed by atoms with Gasteiger partial charge in [0.05, 0.1) is 16.6 Å². The van der Waals surface area contributed by atoms with Gasteiger partial charge in [0.1, 0.15) is 5.69 Å². The Morgan fingerprint density at radius 1 is 1.67 bits per heavy atom. The molecular formula is C11H12IN3O3. The second-order valence-corrected chi connectivity index (χ2v) is 5.05. The lowest BCUT2D eigenvalue weighted by Gasteiger charge is -2.12. The lowest BCUT2D eigenvalue weighted by atomic mass is 10.1. The third-order valence-corrected chi connectivity index (χ3v) is 3.18. The Kier molecular flexibility index (Phi) is 5.30. The van der Waals surface area contributed by atoms with E-state index in [2.05, 4.69) is 5.32 Å². The van der Waals surface area contributed by atoms with Gasteiger partial charge in [-0.15, -0.1) is 0 Å². The van der Waals surface area contributed by atoms with Crippen LogP contribution in [0.15, 0.2) is 12.1 Å². The fourth-order valence-corrected chi connectivity index (χ4v) is 2.12. The highest BCUT2D eigenvalue weighted by Gasteiger charge is 2.19. The lowest BCUT2D eigenvalue weighted by Crippen LogP contribution is -2.16. The van der Waals surface area contributed by atoms with Gasteiger partial charge >= 0.3 is 0 Å². The number of aliphatic hydroxyl groups is 1. The van der Waals surface area contributed by atoms with E-state index in [9.17, 15) is 10.1 Å². The second-order valence-electron chi connectivity index (χ2n) is 3.89. The minimum atomic E-state index is -0.519. The van der Waals surface area contributed by atoms with E-state index in [1.807, 2.05) is 35.6 Å². The number of benzene rings is 1. The molecule has 0 radical (unpaired) electrons. The van der Waals surface area contributed by atoms with E-state index in [-0.39, 0.29) is 23.8 Å². The van der Waals surface area contributed by atoms with Crippen molar-refractivity contribution >= 4 is 34.0 Å². The molecule has 6 nitrogen and oxygen atoms in total. The summed E-state index contributed by atoms with van der Waals surface area (Å²) in [6, 6.07) is 4.72. The smallest absolute Gasteiger partial charge is 0.294 e. The first kappa shape index (κ1) is 14.7. The highest BCUT2D eigenvalue weighted by atomic mass is 127. The van der Waals surface area contributed by atoms with Crippen LogP contribution in [0.4, 0.5) is 11.4 Å². The number of nitrogens with one attached hydrogen (secondary N) is 1. The van der Waals surface area contributed by atoms with E-state index < -0.39 is 4.92 Å². The SMILES string of the molecule is C[C@H](CO)CNc1c(I)cc(C#N)cc1[N+](=O)[O-]. The van der Waals surface area contributed by atoms with Crippen LogP contribution in [0.5, 0.6) is 0 Å². The van der Waals surface area contributed by atoms with Crippen LogP contribution < -0.4 is 5.32 Å². The Morgan fingerprint density at radius 2 is 2.33 bits per heavy atom. The van der Waals surface area contributed by atoms with Crippen molar-refractivity contribution in [1.29, 1.82) is 5.26 Å². The minimum absolute atomic E-state index is 0.00366. The van der Waals surface area contributed by atoms with Crippen LogP contribution in [-0.2, 0) is 0 Å². The number of nitriles is 1. The standard InChI is InChI=1S/C11H12IN3O3/c1-7(6-16)5-14-11-9(12)2-8(4-13)3-10(11)15(17)18/h2-3,7,14,16H,5-6H2,1H3/t7-/m0/s1. The number of hydrogen-bond acceptors (Lipinski definition) is 5. The Balaban J connectivity index is 3.09. The van der Waals surface area contributed by atoms with E-state index >= 15 is 0 Å². The number of nitrogens with zero attached hydrogens (tertiary/aromatic N) is 2. The number of aliphatic hydroxyl groups excluding tert-OH is 1. The van der Waals surface area contributed by atoms with Gasteiger partial charge in [-0.2, -0.15) is 5.26 Å². The van der Waals surface area contributed by atoms with Gasteiger partial charge in [0.2, 0.25) is 0 Å². The van der Waals surface area contributed by atoms with Crippen molar-refractivity contribution in [3.8, 4) is 6.07 Å². The predicted molar refractivity (Wildman–Crippen MR) is 75.3 cm³/mol. The Morgan fingerprint density at radius 3 is 2.83 bits per heavy atom. The van der Waals surface area contributed by atoms with Gasteiger partial charge in [0.15, 0.2) is 0 Å². The summed E-state index contributed by atoms with van der Waals surface area (Å²) in [5, 5.41) is 31.6. The van der Waals surface area contributed by atoms with E-state index in [0.717, 1.165) is 0 Å². The van der Waals surface area contributed by atoms with Gasteiger partial charge in [-0.05, 0) is 34.6 Å². The number of halogens is 1. The molecule has 0 heterocycles. The first-order chi connectivity index (χ1) is 8.49. The third kappa shape index (κ3) is 3.54. The summed E-state index contributed by atoms with van der Waals surface area (Å²) >= 11 is 1.95. The molecule has 0 aromatic heterocycles. The van der Waals surface area contributed by atoms with Crippen molar-refractivity contribution in [2.24, 2.45) is 5.92 Å². The number of hydrogen-bond donors (Lipinski definition) is 2. The maximum atomic E-state index is 11.0. The van der Waals surface area contributed by atoms with Crippen molar-refractivity contribution in [3.05, 3.63) is 31.4 Å². The topological polar surface area (TPSA) is 99.2 Å². The first-order valence-electron chi connectivity index (χ1n) is 5.22. The molecule has 0 aliphatic heterocycles. The molecule has 0 amide bonds. The van der Waals surface area contributed by atoms with Crippen molar-refractivity contribution in [2.75, 3.05) is 18.5 Å². The van der Waals surface area contributed by atoms with E-state index in [0.29, 0.717) is 15.8 Å². The van der Waals surface area contributed by atoms with Crippen LogP contribution >= 0.6 is 22.6 Å². The Hall–Kier alpha value is -1.40. The van der Waals surface area contributed by atoms with E-state index in [1.165, 1.54) is 6.07 Å². The monoisotopic (exact) mass is 361 g/mol. The molecule has 0 saturated carbocycles. The van der Waals surface area contributed by atoms with Gasteiger partial charge < -0.3 is 10.4 Å². The van der Waals surface area contributed by atoms with Gasteiger partial charge in [0.25, 0.3) is 5.69 Å². The zero-order valence-corrected chi connectivity index (χ0v) is 11.8. The molecule has 2 N–H and O–H groups in total. The third-order valence-electron chi connectivity index (χ3n) is 2.33. The summed E-state index contributed by atoms with van der Waals surface area (Å²) in [4.78, 5) is 10.4. The summed E-state index contributed by atoms with van der Waals surface area (Å²) in [6.45, 7) is 2.27. The average Bonchev–Trinajstić information content (AvgIpc) is 2.35. The summed E-state index contributed by atoms with van der Waals surface area (Å²) in [5.74, 6) is -0.00366. The van der Waals surface area contributed by atoms with Crippen LogP contribution in [-0.4, -0.2) is 23.2 Å². The lowest BCUT2D eigenvalue weighted by molar-refractivity contribution is -0.384. The van der Waals surface area contributed by atoms with Gasteiger partial charge in [-0.3, -0.25) is 10.1 Å². The highest BCUT2D eigenvalue weighted by molar-refractivity contribution is 14.1. The predicted octanol–water partition coefficient (Wildman–Crippen LogP) is 2.11. The fourth-order valence-electron chi connectivity index (χ4n) is 1.32. The van der Waals surface area contributed by atoms with E-state index in [1.54, 1.807) is 6.07 Å². The van der Waals surface area contributed by atoms with Crippen molar-refractivity contribution in [1.82, 2.24) is 0 Å². The molecule has 0 fully saturated rings. The molecule has 1 rings (SSSR count). The highest BCUT2D eigenvalue weighted by Crippen LogP contribution is 2.31. The molecule has 1 aromatic rings. The molecule has 96 valence electrons. The van der Waals surface area contributed by atoms with Crippen LogP contribution in [0.2, 0.25) is 0 Å². The van der Waals surface area contributed by atoms with Gasteiger partial charge in [-0.1, -0.05) is 6.92 Å². The van der Waals surface area contributed by atoms with E-state index in [4.69, 9.17) is 10.4 Å². The zero-order valence-electron chi connectivity index (χ0n) is 9.68. The summed E-state index contributed by atoms with van der Waals surface area (Å²) < 4.78 is 0.614. The largest absolute Gasteiger partial charge is 0.396 e.